The summed E-state index contributed by atoms with van der Waals surface area (Å²) in [5.74, 6) is -1.47. The number of pyridine rings is 1. The maximum absolute atomic E-state index is 12.2. The fourth-order valence-electron chi connectivity index (χ4n) is 1.47. The first-order valence-corrected chi connectivity index (χ1v) is 7.07. The van der Waals surface area contributed by atoms with E-state index in [0.29, 0.717) is 0 Å². The van der Waals surface area contributed by atoms with Gasteiger partial charge in [-0.1, -0.05) is 11.6 Å². The van der Waals surface area contributed by atoms with Gasteiger partial charge in [-0.25, -0.2) is 18.2 Å². The number of aryl methyl sites for hydroxylation is 1. The zero-order valence-corrected chi connectivity index (χ0v) is 11.7. The lowest BCUT2D eigenvalue weighted by Gasteiger charge is -2.09. The number of nitrogens with one attached hydrogen (secondary N) is 1. The van der Waals surface area contributed by atoms with Crippen LogP contribution < -0.4 is 4.72 Å². The van der Waals surface area contributed by atoms with Gasteiger partial charge in [0.2, 0.25) is 0 Å². The molecule has 8 nitrogen and oxygen atoms in total. The number of carboxylic acid groups (broad SMARTS) is 1. The minimum atomic E-state index is -4.06. The normalized spacial score (nSPS) is 11.3. The third-order valence-electron chi connectivity index (χ3n) is 2.41. The van der Waals surface area contributed by atoms with Crippen molar-refractivity contribution in [3.05, 3.63) is 35.2 Å². The van der Waals surface area contributed by atoms with Crippen LogP contribution >= 0.6 is 11.6 Å². The number of anilines is 1. The minimum absolute atomic E-state index is 0.169. The standard InChI is InChI=1S/C10H9ClN4O4S/c1-15-9(6(5-13-15)10(16)17)14-20(18,19)7-3-2-4-12-8(7)11/h2-5,14H,1H3,(H,16,17). The van der Waals surface area contributed by atoms with Crippen LogP contribution in [-0.2, 0) is 17.1 Å². The molecule has 20 heavy (non-hydrogen) atoms. The van der Waals surface area contributed by atoms with Crippen LogP contribution in [0.2, 0.25) is 5.15 Å². The van der Waals surface area contributed by atoms with Crippen LogP contribution in [0.15, 0.2) is 29.4 Å². The van der Waals surface area contributed by atoms with Crippen molar-refractivity contribution in [2.24, 2.45) is 7.05 Å². The fourth-order valence-corrected chi connectivity index (χ4v) is 3.03. The second-order valence-corrected chi connectivity index (χ2v) is 5.74. The van der Waals surface area contributed by atoms with Gasteiger partial charge in [0.25, 0.3) is 10.0 Å². The van der Waals surface area contributed by atoms with E-state index in [1.165, 1.54) is 25.4 Å². The maximum atomic E-state index is 12.2. The van der Waals surface area contributed by atoms with Crippen LogP contribution in [0, 0.1) is 0 Å². The average molecular weight is 317 g/mol. The number of aromatic nitrogens is 3. The van der Waals surface area contributed by atoms with Gasteiger partial charge in [0.05, 0.1) is 6.20 Å². The molecule has 0 amide bonds. The second kappa shape index (κ2) is 5.10. The minimum Gasteiger partial charge on any atom is -0.477 e. The van der Waals surface area contributed by atoms with Crippen LogP contribution in [-0.4, -0.2) is 34.3 Å². The fraction of sp³-hybridized carbons (Fsp3) is 0.100. The molecular weight excluding hydrogens is 308 g/mol. The van der Waals surface area contributed by atoms with E-state index < -0.39 is 16.0 Å². The number of rotatable bonds is 4. The zero-order chi connectivity index (χ0) is 14.9. The van der Waals surface area contributed by atoms with Crippen molar-refractivity contribution in [1.29, 1.82) is 0 Å². The summed E-state index contributed by atoms with van der Waals surface area (Å²) in [6.45, 7) is 0. The number of carbonyl (C=O) groups is 1. The molecule has 0 aromatic carbocycles. The zero-order valence-electron chi connectivity index (χ0n) is 10.1. The molecule has 0 atom stereocenters. The maximum Gasteiger partial charge on any atom is 0.341 e. The van der Waals surface area contributed by atoms with E-state index in [9.17, 15) is 13.2 Å². The van der Waals surface area contributed by atoms with Crippen molar-refractivity contribution in [2.45, 2.75) is 4.90 Å². The van der Waals surface area contributed by atoms with Crippen LogP contribution in [0.5, 0.6) is 0 Å². The van der Waals surface area contributed by atoms with Gasteiger partial charge in [-0.05, 0) is 12.1 Å². The van der Waals surface area contributed by atoms with Gasteiger partial charge in [0.1, 0.15) is 15.6 Å². The van der Waals surface area contributed by atoms with Crippen molar-refractivity contribution < 1.29 is 18.3 Å². The Hall–Kier alpha value is -2.13. The number of carboxylic acids is 1. The number of aromatic carboxylic acids is 1. The topological polar surface area (TPSA) is 114 Å². The average Bonchev–Trinajstić information content (AvgIpc) is 2.71. The second-order valence-electron chi connectivity index (χ2n) is 3.73. The molecule has 2 aromatic heterocycles. The highest BCUT2D eigenvalue weighted by atomic mass is 35.5. The lowest BCUT2D eigenvalue weighted by Crippen LogP contribution is -2.18. The highest BCUT2D eigenvalue weighted by molar-refractivity contribution is 7.92. The van der Waals surface area contributed by atoms with Crippen molar-refractivity contribution in [3.8, 4) is 0 Å². The summed E-state index contributed by atoms with van der Waals surface area (Å²) in [5, 5.41) is 12.5. The summed E-state index contributed by atoms with van der Waals surface area (Å²) < 4.78 is 27.6. The summed E-state index contributed by atoms with van der Waals surface area (Å²) >= 11 is 5.72. The van der Waals surface area contributed by atoms with E-state index in [1.807, 2.05) is 0 Å². The quantitative estimate of drug-likeness (QED) is 0.812. The molecule has 0 saturated carbocycles. The van der Waals surface area contributed by atoms with E-state index in [-0.39, 0.29) is 21.4 Å². The number of nitrogens with zero attached hydrogens (tertiary/aromatic N) is 3. The van der Waals surface area contributed by atoms with Gasteiger partial charge in [0, 0.05) is 13.2 Å². The molecule has 0 aliphatic carbocycles. The van der Waals surface area contributed by atoms with E-state index >= 15 is 0 Å². The van der Waals surface area contributed by atoms with E-state index in [1.54, 1.807) is 0 Å². The van der Waals surface area contributed by atoms with Gasteiger partial charge in [-0.3, -0.25) is 9.40 Å². The largest absolute Gasteiger partial charge is 0.477 e. The monoisotopic (exact) mass is 316 g/mol. The molecule has 0 spiro atoms. The van der Waals surface area contributed by atoms with E-state index in [2.05, 4.69) is 14.8 Å². The molecule has 0 aliphatic rings. The van der Waals surface area contributed by atoms with Crippen molar-refractivity contribution >= 4 is 33.4 Å². The van der Waals surface area contributed by atoms with Crippen molar-refractivity contribution in [3.63, 3.8) is 0 Å². The van der Waals surface area contributed by atoms with Gasteiger partial charge in [-0.2, -0.15) is 5.10 Å². The Labute approximate surface area is 119 Å². The van der Waals surface area contributed by atoms with Crippen LogP contribution in [0.25, 0.3) is 0 Å². The third kappa shape index (κ3) is 2.58. The molecule has 0 aliphatic heterocycles. The van der Waals surface area contributed by atoms with Crippen LogP contribution in [0.3, 0.4) is 0 Å². The lowest BCUT2D eigenvalue weighted by atomic mass is 10.3. The first-order valence-electron chi connectivity index (χ1n) is 5.21. The molecule has 106 valence electrons. The molecule has 0 radical (unpaired) electrons. The number of halogens is 1. The summed E-state index contributed by atoms with van der Waals surface area (Å²) in [5.41, 5.74) is -0.268. The highest BCUT2D eigenvalue weighted by Crippen LogP contribution is 2.23. The highest BCUT2D eigenvalue weighted by Gasteiger charge is 2.24. The molecule has 0 unspecified atom stereocenters. The Bertz CT molecular complexity index is 771. The van der Waals surface area contributed by atoms with Gasteiger partial charge in [-0.15, -0.1) is 0 Å². The van der Waals surface area contributed by atoms with Gasteiger partial charge < -0.3 is 5.11 Å². The third-order valence-corrected chi connectivity index (χ3v) is 4.20. The Morgan fingerprint density at radius 1 is 1.50 bits per heavy atom. The first-order chi connectivity index (χ1) is 9.33. The van der Waals surface area contributed by atoms with Crippen LogP contribution in [0.1, 0.15) is 10.4 Å². The number of hydrogen-bond acceptors (Lipinski definition) is 5. The molecule has 2 heterocycles. The molecular formula is C10H9ClN4O4S. The smallest absolute Gasteiger partial charge is 0.341 e. The Balaban J connectivity index is 2.47. The summed E-state index contributed by atoms with van der Waals surface area (Å²) in [7, 11) is -2.65. The molecule has 0 bridgehead atoms. The lowest BCUT2D eigenvalue weighted by molar-refractivity contribution is 0.0698. The van der Waals surface area contributed by atoms with Crippen LogP contribution in [0.4, 0.5) is 5.82 Å². The molecule has 0 fully saturated rings. The molecule has 2 N–H and O–H groups in total. The summed E-state index contributed by atoms with van der Waals surface area (Å²) in [4.78, 5) is 14.4. The van der Waals surface area contributed by atoms with E-state index in [0.717, 1.165) is 10.9 Å². The predicted octanol–water partition coefficient (Wildman–Crippen LogP) is 0.967. The Kier molecular flexibility index (Phi) is 3.64. The molecule has 10 heteroatoms. The Morgan fingerprint density at radius 3 is 2.80 bits per heavy atom. The molecule has 0 saturated heterocycles. The Morgan fingerprint density at radius 2 is 2.20 bits per heavy atom. The SMILES string of the molecule is Cn1ncc(C(=O)O)c1NS(=O)(=O)c1cccnc1Cl. The van der Waals surface area contributed by atoms with Crippen molar-refractivity contribution in [2.75, 3.05) is 4.72 Å². The van der Waals surface area contributed by atoms with E-state index in [4.69, 9.17) is 16.7 Å². The number of sulfonamides is 1. The molecule has 2 rings (SSSR count). The number of hydrogen-bond donors (Lipinski definition) is 2. The predicted molar refractivity (Wildman–Crippen MR) is 70.2 cm³/mol. The first kappa shape index (κ1) is 14.3. The van der Waals surface area contributed by atoms with Gasteiger partial charge >= 0.3 is 5.97 Å². The molecule has 2 aromatic rings. The summed E-state index contributed by atoms with van der Waals surface area (Å²) in [6.07, 6.45) is 2.39. The van der Waals surface area contributed by atoms with Crippen molar-refractivity contribution in [1.82, 2.24) is 14.8 Å². The van der Waals surface area contributed by atoms with Gasteiger partial charge in [0.15, 0.2) is 5.82 Å². The summed E-state index contributed by atoms with van der Waals surface area (Å²) in [6, 6.07) is 2.66.